The van der Waals surface area contributed by atoms with E-state index in [1.807, 2.05) is 45.0 Å². The molecule has 0 saturated carbocycles. The number of rotatable bonds is 12. The van der Waals surface area contributed by atoms with Crippen LogP contribution >= 0.6 is 0 Å². The summed E-state index contributed by atoms with van der Waals surface area (Å²) in [6.07, 6.45) is 6.58. The van der Waals surface area contributed by atoms with Crippen LogP contribution in [0.15, 0.2) is 48.6 Å². The number of hydrogen-bond donors (Lipinski definition) is 0. The van der Waals surface area contributed by atoms with Gasteiger partial charge in [-0.05, 0) is 48.8 Å². The van der Waals surface area contributed by atoms with Gasteiger partial charge >= 0.3 is 5.97 Å². The zero-order chi connectivity index (χ0) is 26.0. The lowest BCUT2D eigenvalue weighted by molar-refractivity contribution is -0.153. The lowest BCUT2D eigenvalue weighted by Crippen LogP contribution is -2.42. The second kappa shape index (κ2) is 13.3. The third-order valence-corrected chi connectivity index (χ3v) is 6.80. The molecule has 1 aromatic rings. The molecule has 0 fully saturated rings. The molecule has 5 nitrogen and oxygen atoms in total. The monoisotopic (exact) mass is 480 g/mol. The largest absolute Gasteiger partial charge is 0.497 e. The van der Waals surface area contributed by atoms with E-state index in [0.717, 1.165) is 42.4 Å². The molecule has 5 atom stereocenters. The van der Waals surface area contributed by atoms with Crippen molar-refractivity contribution in [1.29, 1.82) is 0 Å². The minimum atomic E-state index is -0.676. The van der Waals surface area contributed by atoms with Crippen molar-refractivity contribution in [2.75, 3.05) is 7.11 Å². The minimum absolute atomic E-state index is 0.0425. The average molecular weight is 481 g/mol. The fourth-order valence-electron chi connectivity index (χ4n) is 4.35. The van der Waals surface area contributed by atoms with Crippen LogP contribution in [-0.2, 0) is 25.7 Å². The maximum absolute atomic E-state index is 12.0. The maximum Gasteiger partial charge on any atom is 0.303 e. The molecule has 0 heterocycles. The van der Waals surface area contributed by atoms with Crippen LogP contribution in [-0.4, -0.2) is 31.6 Å². The summed E-state index contributed by atoms with van der Waals surface area (Å²) in [6.45, 7) is 13.9. The number of aldehydes is 1. The third-order valence-electron chi connectivity index (χ3n) is 6.80. The van der Waals surface area contributed by atoms with Crippen LogP contribution in [0, 0.1) is 35.0 Å². The molecule has 1 aromatic carbocycles. The van der Waals surface area contributed by atoms with E-state index < -0.39 is 17.6 Å². The minimum Gasteiger partial charge on any atom is -0.497 e. The van der Waals surface area contributed by atoms with E-state index in [4.69, 9.17) is 14.2 Å². The Balaban J connectivity index is 2.19. The summed E-state index contributed by atoms with van der Waals surface area (Å²) in [5.74, 6) is 7.79. The molecule has 0 N–H and O–H groups in total. The SMILES string of the molecule is C=C[C@H](OCc1ccc(OC)cc1)C(C)(C)[C@@H](C#CC1=CC[C@H](C)[C@H]1CC[C@H](C)C=O)OC(C)=O. The van der Waals surface area contributed by atoms with Gasteiger partial charge in [-0.2, -0.15) is 0 Å². The number of benzene rings is 1. The highest BCUT2D eigenvalue weighted by molar-refractivity contribution is 5.66. The maximum atomic E-state index is 12.0. The van der Waals surface area contributed by atoms with E-state index in [1.54, 1.807) is 13.2 Å². The predicted molar refractivity (Wildman–Crippen MR) is 139 cm³/mol. The Morgan fingerprint density at radius 1 is 1.29 bits per heavy atom. The average Bonchev–Trinajstić information content (AvgIpc) is 3.19. The van der Waals surface area contributed by atoms with Gasteiger partial charge in [-0.25, -0.2) is 0 Å². The van der Waals surface area contributed by atoms with Crippen molar-refractivity contribution in [1.82, 2.24) is 0 Å². The van der Waals surface area contributed by atoms with Gasteiger partial charge in [0.05, 0.1) is 19.8 Å². The fraction of sp³-hybridized carbons (Fsp3) is 0.533. The highest BCUT2D eigenvalue weighted by atomic mass is 16.5. The van der Waals surface area contributed by atoms with Gasteiger partial charge in [-0.1, -0.05) is 63.8 Å². The van der Waals surface area contributed by atoms with Crippen molar-refractivity contribution in [2.24, 2.45) is 23.2 Å². The Kier molecular flexibility index (Phi) is 10.8. The van der Waals surface area contributed by atoms with Crippen molar-refractivity contribution in [3.05, 3.63) is 54.1 Å². The smallest absolute Gasteiger partial charge is 0.303 e. The number of esters is 1. The molecular weight excluding hydrogens is 440 g/mol. The van der Waals surface area contributed by atoms with Crippen LogP contribution in [0.4, 0.5) is 0 Å². The van der Waals surface area contributed by atoms with Gasteiger partial charge < -0.3 is 19.0 Å². The summed E-state index contributed by atoms with van der Waals surface area (Å²) >= 11 is 0. The van der Waals surface area contributed by atoms with E-state index in [9.17, 15) is 9.59 Å². The van der Waals surface area contributed by atoms with Gasteiger partial charge in [-0.3, -0.25) is 4.79 Å². The first-order chi connectivity index (χ1) is 16.6. The van der Waals surface area contributed by atoms with Crippen LogP contribution in [0.3, 0.4) is 0 Å². The summed E-state index contributed by atoms with van der Waals surface area (Å²) in [7, 11) is 1.63. The summed E-state index contributed by atoms with van der Waals surface area (Å²) in [4.78, 5) is 23.0. The van der Waals surface area contributed by atoms with E-state index in [-0.39, 0.29) is 11.9 Å². The molecule has 0 aliphatic heterocycles. The molecule has 0 radical (unpaired) electrons. The van der Waals surface area contributed by atoms with Crippen LogP contribution in [0.5, 0.6) is 5.75 Å². The number of methoxy groups -OCH3 is 1. The molecule has 0 unspecified atom stereocenters. The van der Waals surface area contributed by atoms with Crippen molar-refractivity contribution in [3.63, 3.8) is 0 Å². The quantitative estimate of drug-likeness (QED) is 0.161. The zero-order valence-corrected chi connectivity index (χ0v) is 22.0. The van der Waals surface area contributed by atoms with E-state index in [0.29, 0.717) is 18.4 Å². The molecule has 190 valence electrons. The van der Waals surface area contributed by atoms with E-state index in [2.05, 4.69) is 31.4 Å². The molecular formula is C30H40O5. The van der Waals surface area contributed by atoms with Crippen LogP contribution in [0.25, 0.3) is 0 Å². The number of allylic oxidation sites excluding steroid dienone is 2. The van der Waals surface area contributed by atoms with Crippen LogP contribution in [0.1, 0.15) is 59.4 Å². The van der Waals surface area contributed by atoms with Crippen LogP contribution < -0.4 is 4.74 Å². The van der Waals surface area contributed by atoms with E-state index >= 15 is 0 Å². The summed E-state index contributed by atoms with van der Waals surface area (Å²) in [6, 6.07) is 7.69. The highest BCUT2D eigenvalue weighted by Crippen LogP contribution is 2.36. The Bertz CT molecular complexity index is 947. The lowest BCUT2D eigenvalue weighted by Gasteiger charge is -2.36. The second-order valence-corrected chi connectivity index (χ2v) is 10.1. The topological polar surface area (TPSA) is 61.8 Å². The van der Waals surface area contributed by atoms with Gasteiger partial charge in [0.15, 0.2) is 6.10 Å². The molecule has 35 heavy (non-hydrogen) atoms. The first-order valence-electron chi connectivity index (χ1n) is 12.3. The summed E-state index contributed by atoms with van der Waals surface area (Å²) in [5.41, 5.74) is 1.43. The summed E-state index contributed by atoms with van der Waals surface area (Å²) < 4.78 is 17.1. The Morgan fingerprint density at radius 3 is 2.54 bits per heavy atom. The molecule has 0 bridgehead atoms. The van der Waals surface area contributed by atoms with Gasteiger partial charge in [0.1, 0.15) is 12.0 Å². The van der Waals surface area contributed by atoms with Gasteiger partial charge in [-0.15, -0.1) is 6.58 Å². The van der Waals surface area contributed by atoms with Gasteiger partial charge in [0, 0.05) is 23.8 Å². The second-order valence-electron chi connectivity index (χ2n) is 10.1. The molecule has 1 aliphatic carbocycles. The standard InChI is InChI=1S/C30H40O5/c1-8-28(34-20-24-11-15-26(33-7)16-12-24)30(5,6)29(35-23(4)32)18-14-25-13-10-22(3)27(25)17-9-21(2)19-31/h8,11-13,15-16,19,21-22,27-29H,1,9-10,17,20H2,2-7H3/t21-,22-,27+,28-,29+/m0/s1. The first kappa shape index (κ1) is 28.4. The van der Waals surface area contributed by atoms with Gasteiger partial charge in [0.25, 0.3) is 0 Å². The highest BCUT2D eigenvalue weighted by Gasteiger charge is 2.38. The molecule has 0 aromatic heterocycles. The number of hydrogen-bond acceptors (Lipinski definition) is 5. The van der Waals surface area contributed by atoms with E-state index in [1.165, 1.54) is 6.92 Å². The molecule has 2 rings (SSSR count). The predicted octanol–water partition coefficient (Wildman–Crippen LogP) is 5.93. The third kappa shape index (κ3) is 8.11. The molecule has 5 heteroatoms. The molecule has 0 spiro atoms. The Labute approximate surface area is 210 Å². The van der Waals surface area contributed by atoms with Crippen molar-refractivity contribution < 1.29 is 23.8 Å². The van der Waals surface area contributed by atoms with Gasteiger partial charge in [0.2, 0.25) is 0 Å². The number of carbonyl (C=O) groups is 2. The molecule has 0 saturated heterocycles. The number of ether oxygens (including phenoxy) is 3. The van der Waals surface area contributed by atoms with Crippen molar-refractivity contribution >= 4 is 12.3 Å². The Hall–Kier alpha value is -2.84. The summed E-state index contributed by atoms with van der Waals surface area (Å²) in [5, 5.41) is 0. The number of carbonyl (C=O) groups excluding carboxylic acids is 2. The fourth-order valence-corrected chi connectivity index (χ4v) is 4.35. The van der Waals surface area contributed by atoms with Crippen molar-refractivity contribution in [2.45, 2.75) is 72.7 Å². The Morgan fingerprint density at radius 2 is 1.97 bits per heavy atom. The lowest BCUT2D eigenvalue weighted by atomic mass is 9.80. The molecule has 0 amide bonds. The van der Waals surface area contributed by atoms with Crippen molar-refractivity contribution in [3.8, 4) is 17.6 Å². The zero-order valence-electron chi connectivity index (χ0n) is 22.0. The molecule has 1 aliphatic rings. The first-order valence-corrected chi connectivity index (χ1v) is 12.3. The van der Waals surface area contributed by atoms with Crippen LogP contribution in [0.2, 0.25) is 0 Å². The normalized spacial score (nSPS) is 20.0.